The van der Waals surface area contributed by atoms with Crippen molar-refractivity contribution in [2.24, 2.45) is 18.7 Å². The molecular weight excluding hydrogens is 240 g/mol. The molecule has 1 aliphatic rings. The largest absolute Gasteiger partial charge is 0.345 e. The summed E-state index contributed by atoms with van der Waals surface area (Å²) in [4.78, 5) is 12.4. The van der Waals surface area contributed by atoms with Crippen LogP contribution in [0.15, 0.2) is 6.20 Å². The van der Waals surface area contributed by atoms with Crippen molar-refractivity contribution in [2.75, 3.05) is 6.54 Å². The number of aryl methyl sites for hydroxylation is 2. The van der Waals surface area contributed by atoms with Crippen LogP contribution in [-0.2, 0) is 7.05 Å². The zero-order chi connectivity index (χ0) is 14.0. The molecule has 0 spiro atoms. The molecule has 106 valence electrons. The van der Waals surface area contributed by atoms with Gasteiger partial charge in [-0.15, -0.1) is 0 Å². The molecule has 5 heteroatoms. The zero-order valence-corrected chi connectivity index (χ0v) is 12.1. The smallest absolute Gasteiger partial charge is 0.255 e. The monoisotopic (exact) mass is 264 g/mol. The molecule has 2 unspecified atom stereocenters. The topological polar surface area (TPSA) is 72.9 Å². The minimum atomic E-state index is -0.252. The van der Waals surface area contributed by atoms with Gasteiger partial charge in [0.25, 0.3) is 5.91 Å². The SMILES string of the molecule is Cc1nn(C)cc1C(=O)NC1(CN)CCCCC1C. The molecular formula is C14H24N4O. The van der Waals surface area contributed by atoms with Gasteiger partial charge >= 0.3 is 0 Å². The summed E-state index contributed by atoms with van der Waals surface area (Å²) in [5.41, 5.74) is 7.12. The van der Waals surface area contributed by atoms with Crippen LogP contribution in [0.25, 0.3) is 0 Å². The molecule has 19 heavy (non-hydrogen) atoms. The molecule has 3 N–H and O–H groups in total. The molecule has 0 aliphatic heterocycles. The number of hydrogen-bond acceptors (Lipinski definition) is 3. The number of carbonyl (C=O) groups excluding carboxylic acids is 1. The van der Waals surface area contributed by atoms with E-state index in [1.807, 2.05) is 14.0 Å². The van der Waals surface area contributed by atoms with Crippen LogP contribution in [0.1, 0.15) is 48.7 Å². The third-order valence-corrected chi connectivity index (χ3v) is 4.44. The van der Waals surface area contributed by atoms with E-state index in [1.54, 1.807) is 10.9 Å². The lowest BCUT2D eigenvalue weighted by atomic mass is 9.73. The number of nitrogens with one attached hydrogen (secondary N) is 1. The van der Waals surface area contributed by atoms with Crippen molar-refractivity contribution in [2.45, 2.75) is 45.1 Å². The summed E-state index contributed by atoms with van der Waals surface area (Å²) in [6, 6.07) is 0. The molecule has 1 aromatic heterocycles. The maximum atomic E-state index is 12.4. The Morgan fingerprint density at radius 3 is 2.89 bits per heavy atom. The highest BCUT2D eigenvalue weighted by molar-refractivity contribution is 5.95. The Balaban J connectivity index is 2.18. The van der Waals surface area contributed by atoms with Gasteiger partial charge in [0.1, 0.15) is 0 Å². The van der Waals surface area contributed by atoms with Crippen molar-refractivity contribution in [1.29, 1.82) is 0 Å². The van der Waals surface area contributed by atoms with Gasteiger partial charge in [-0.3, -0.25) is 9.48 Å². The van der Waals surface area contributed by atoms with Gasteiger partial charge in [0.15, 0.2) is 0 Å². The zero-order valence-electron chi connectivity index (χ0n) is 12.1. The van der Waals surface area contributed by atoms with Crippen molar-refractivity contribution >= 4 is 5.91 Å². The highest BCUT2D eigenvalue weighted by Gasteiger charge is 2.38. The number of hydrogen-bond donors (Lipinski definition) is 2. The van der Waals surface area contributed by atoms with Gasteiger partial charge in [0.05, 0.1) is 16.8 Å². The molecule has 0 radical (unpaired) electrons. The molecule has 0 bridgehead atoms. The quantitative estimate of drug-likeness (QED) is 0.866. The number of nitrogens with two attached hydrogens (primary N) is 1. The second kappa shape index (κ2) is 5.33. The molecule has 0 saturated heterocycles. The van der Waals surface area contributed by atoms with E-state index in [9.17, 15) is 4.79 Å². The molecule has 0 aromatic carbocycles. The molecule has 1 aromatic rings. The van der Waals surface area contributed by atoms with E-state index in [2.05, 4.69) is 17.3 Å². The lowest BCUT2D eigenvalue weighted by Crippen LogP contribution is -2.59. The Hall–Kier alpha value is -1.36. The van der Waals surface area contributed by atoms with Crippen molar-refractivity contribution in [3.8, 4) is 0 Å². The van der Waals surface area contributed by atoms with E-state index in [4.69, 9.17) is 5.73 Å². The Kier molecular flexibility index (Phi) is 3.94. The summed E-state index contributed by atoms with van der Waals surface area (Å²) in [6.45, 7) is 4.54. The molecule has 1 heterocycles. The van der Waals surface area contributed by atoms with Gasteiger partial charge in [0.2, 0.25) is 0 Å². The highest BCUT2D eigenvalue weighted by atomic mass is 16.1. The van der Waals surface area contributed by atoms with Gasteiger partial charge < -0.3 is 11.1 Å². The van der Waals surface area contributed by atoms with Crippen LogP contribution in [0.4, 0.5) is 0 Å². The van der Waals surface area contributed by atoms with Crippen molar-refractivity contribution in [3.63, 3.8) is 0 Å². The summed E-state index contributed by atoms with van der Waals surface area (Å²) in [5, 5.41) is 7.40. The van der Waals surface area contributed by atoms with E-state index in [-0.39, 0.29) is 11.4 Å². The normalized spacial score (nSPS) is 27.3. The first-order valence-electron chi connectivity index (χ1n) is 7.01. The average molecular weight is 264 g/mol. The first-order valence-corrected chi connectivity index (χ1v) is 7.01. The standard InChI is InChI=1S/C14H24N4O/c1-10-6-4-5-7-14(10,9-15)16-13(19)12-8-18(3)17-11(12)2/h8,10H,4-7,9,15H2,1-3H3,(H,16,19). The van der Waals surface area contributed by atoms with Crippen molar-refractivity contribution in [1.82, 2.24) is 15.1 Å². The number of amides is 1. The number of nitrogens with zero attached hydrogens (tertiary/aromatic N) is 2. The first kappa shape index (κ1) is 14.1. The van der Waals surface area contributed by atoms with Crippen LogP contribution in [-0.4, -0.2) is 27.8 Å². The van der Waals surface area contributed by atoms with Crippen LogP contribution in [0, 0.1) is 12.8 Å². The molecule has 1 aliphatic carbocycles. The maximum Gasteiger partial charge on any atom is 0.255 e. The summed E-state index contributed by atoms with van der Waals surface area (Å²) in [5.74, 6) is 0.372. The highest BCUT2D eigenvalue weighted by Crippen LogP contribution is 2.33. The van der Waals surface area contributed by atoms with E-state index in [0.717, 1.165) is 25.0 Å². The summed E-state index contributed by atoms with van der Waals surface area (Å²) < 4.78 is 1.67. The maximum absolute atomic E-state index is 12.4. The predicted octanol–water partition coefficient (Wildman–Crippen LogP) is 1.37. The van der Waals surface area contributed by atoms with E-state index < -0.39 is 0 Å². The summed E-state index contributed by atoms with van der Waals surface area (Å²) >= 11 is 0. The van der Waals surface area contributed by atoms with Crippen LogP contribution in [0.2, 0.25) is 0 Å². The second-order valence-electron chi connectivity index (χ2n) is 5.76. The van der Waals surface area contributed by atoms with Crippen LogP contribution in [0.3, 0.4) is 0 Å². The van der Waals surface area contributed by atoms with Crippen molar-refractivity contribution < 1.29 is 4.79 Å². The third-order valence-electron chi connectivity index (χ3n) is 4.44. The van der Waals surface area contributed by atoms with Gasteiger partial charge in [0, 0.05) is 19.8 Å². The number of carbonyl (C=O) groups is 1. The number of aromatic nitrogens is 2. The molecule has 5 nitrogen and oxygen atoms in total. The van der Waals surface area contributed by atoms with E-state index >= 15 is 0 Å². The summed E-state index contributed by atoms with van der Waals surface area (Å²) in [7, 11) is 1.83. The van der Waals surface area contributed by atoms with Crippen LogP contribution >= 0.6 is 0 Å². The Bertz CT molecular complexity index is 468. The summed E-state index contributed by atoms with van der Waals surface area (Å²) in [6.07, 6.45) is 6.22. The number of rotatable bonds is 3. The van der Waals surface area contributed by atoms with Gasteiger partial charge in [-0.1, -0.05) is 19.8 Å². The predicted molar refractivity (Wildman–Crippen MR) is 74.8 cm³/mol. The minimum absolute atomic E-state index is 0.0511. The lowest BCUT2D eigenvalue weighted by Gasteiger charge is -2.42. The van der Waals surface area contributed by atoms with E-state index in [0.29, 0.717) is 18.0 Å². The van der Waals surface area contributed by atoms with Gasteiger partial charge in [-0.2, -0.15) is 5.10 Å². The van der Waals surface area contributed by atoms with E-state index in [1.165, 1.54) is 6.42 Å². The lowest BCUT2D eigenvalue weighted by molar-refractivity contribution is 0.0812. The first-order chi connectivity index (χ1) is 8.98. The Morgan fingerprint density at radius 2 is 2.37 bits per heavy atom. The Labute approximate surface area is 114 Å². The van der Waals surface area contributed by atoms with Gasteiger partial charge in [-0.25, -0.2) is 0 Å². The fourth-order valence-corrected chi connectivity index (χ4v) is 3.07. The molecule has 1 saturated carbocycles. The molecule has 2 rings (SSSR count). The molecule has 1 fully saturated rings. The fourth-order valence-electron chi connectivity index (χ4n) is 3.07. The van der Waals surface area contributed by atoms with Crippen LogP contribution in [0.5, 0.6) is 0 Å². The molecule has 1 amide bonds. The molecule has 2 atom stereocenters. The average Bonchev–Trinajstić information content (AvgIpc) is 2.71. The fraction of sp³-hybridized carbons (Fsp3) is 0.714. The second-order valence-corrected chi connectivity index (χ2v) is 5.76. The van der Waals surface area contributed by atoms with Crippen LogP contribution < -0.4 is 11.1 Å². The third kappa shape index (κ3) is 2.66. The van der Waals surface area contributed by atoms with Gasteiger partial charge in [-0.05, 0) is 25.7 Å². The Morgan fingerprint density at radius 1 is 1.63 bits per heavy atom. The van der Waals surface area contributed by atoms with Crippen molar-refractivity contribution in [3.05, 3.63) is 17.5 Å². The minimum Gasteiger partial charge on any atom is -0.345 e.